The Kier molecular flexibility index (Phi) is 19.0. The first-order valence-corrected chi connectivity index (χ1v) is 3.16. The molecule has 0 saturated carbocycles. The summed E-state index contributed by atoms with van der Waals surface area (Å²) in [4.78, 5) is 9.77. The number of hydrogen-bond donors (Lipinski definition) is 2. The molecule has 10 heavy (non-hydrogen) atoms. The van der Waals surface area contributed by atoms with Gasteiger partial charge in [-0.15, -0.1) is 0 Å². The van der Waals surface area contributed by atoms with Crippen LogP contribution in [0.1, 0.15) is 0 Å². The third-order valence-electron chi connectivity index (χ3n) is 0.338. The van der Waals surface area contributed by atoms with Gasteiger partial charge in [0.2, 0.25) is 0 Å². The van der Waals surface area contributed by atoms with Gasteiger partial charge >= 0.3 is 5.97 Å². The van der Waals surface area contributed by atoms with E-state index in [1.165, 1.54) is 0 Å². The van der Waals surface area contributed by atoms with E-state index in [0.717, 1.165) is 11.8 Å². The summed E-state index contributed by atoms with van der Waals surface area (Å²) in [5.41, 5.74) is 4.97. The predicted molar refractivity (Wildman–Crippen MR) is 48.4 cm³/mol. The van der Waals surface area contributed by atoms with Crippen LogP contribution >= 0.6 is 24.0 Å². The number of carboxylic acids is 1. The minimum Gasteiger partial charge on any atom is -0.481 e. The Bertz CT molecular complexity index is 107. The van der Waals surface area contributed by atoms with Crippen LogP contribution in [0.4, 0.5) is 0 Å². The van der Waals surface area contributed by atoms with Gasteiger partial charge in [0.15, 0.2) is 0 Å². The normalized spacial score (nSPS) is 6.80. The number of thiocarbonyl (C=S) groups is 1. The fourth-order valence-electron chi connectivity index (χ4n) is 0.133. The smallest absolute Gasteiger partial charge is 0.313 e. The molecule has 0 aliphatic rings. The number of thioether (sulfide) groups is 1. The van der Waals surface area contributed by atoms with Gasteiger partial charge < -0.3 is 10.8 Å². The van der Waals surface area contributed by atoms with Crippen molar-refractivity contribution >= 4 is 93.4 Å². The number of hydrogen-bond acceptors (Lipinski definition) is 3. The monoisotopic (exact) mass is 197 g/mol. The third kappa shape index (κ3) is 16.4. The Labute approximate surface area is 113 Å². The Balaban J connectivity index is -0.000000245. The van der Waals surface area contributed by atoms with Crippen LogP contribution in [-0.2, 0) is 4.79 Å². The van der Waals surface area contributed by atoms with Crippen LogP contribution in [0.15, 0.2) is 0 Å². The van der Waals surface area contributed by atoms with Gasteiger partial charge in [0.25, 0.3) is 0 Å². The van der Waals surface area contributed by atoms with E-state index in [4.69, 9.17) is 10.8 Å². The van der Waals surface area contributed by atoms with Gasteiger partial charge in [-0.1, -0.05) is 24.0 Å². The Morgan fingerprint density at radius 1 is 1.60 bits per heavy atom. The summed E-state index contributed by atoms with van der Waals surface area (Å²) >= 11 is 5.34. The van der Waals surface area contributed by atoms with Crippen molar-refractivity contribution in [1.82, 2.24) is 0 Å². The molecular weight excluding hydrogens is 192 g/mol. The molecule has 7 heteroatoms. The zero-order valence-corrected chi connectivity index (χ0v) is 11.6. The van der Waals surface area contributed by atoms with E-state index in [2.05, 4.69) is 12.2 Å². The zero-order chi connectivity index (χ0) is 6.57. The molecule has 0 fully saturated rings. The van der Waals surface area contributed by atoms with Crippen molar-refractivity contribution in [2.75, 3.05) is 5.75 Å². The molecule has 0 saturated heterocycles. The van der Waals surface area contributed by atoms with E-state index in [1.54, 1.807) is 0 Å². The van der Waals surface area contributed by atoms with Crippen LogP contribution in [0.25, 0.3) is 0 Å². The number of carbonyl (C=O) groups is 1. The molecule has 2 radical (unpaired) electrons. The van der Waals surface area contributed by atoms with E-state index in [9.17, 15) is 4.79 Å². The Morgan fingerprint density at radius 2 is 2.00 bits per heavy atom. The fourth-order valence-corrected chi connectivity index (χ4v) is 0.575. The second-order valence-corrected chi connectivity index (χ2v) is 2.72. The largest absolute Gasteiger partial charge is 0.481 e. The van der Waals surface area contributed by atoms with E-state index in [-0.39, 0.29) is 69.2 Å². The van der Waals surface area contributed by atoms with Gasteiger partial charge in [0.1, 0.15) is 4.32 Å². The summed E-state index contributed by atoms with van der Waals surface area (Å²) < 4.78 is 0.174. The molecule has 0 aromatic heterocycles. The molecule has 0 unspecified atom stereocenters. The molecule has 3 N–H and O–H groups in total. The SMILES string of the molecule is NC(=S)SCC(=O)O.[Na].[Na]. The number of rotatable bonds is 2. The van der Waals surface area contributed by atoms with Gasteiger partial charge in [-0.3, -0.25) is 4.79 Å². The summed E-state index contributed by atoms with van der Waals surface area (Å²) in [6.07, 6.45) is 0. The summed E-state index contributed by atoms with van der Waals surface area (Å²) in [6.45, 7) is 0. The molecule has 3 nitrogen and oxygen atoms in total. The van der Waals surface area contributed by atoms with Gasteiger partial charge in [-0.2, -0.15) is 0 Å². The van der Waals surface area contributed by atoms with Crippen molar-refractivity contribution in [3.63, 3.8) is 0 Å². The van der Waals surface area contributed by atoms with Gasteiger partial charge in [-0.25, -0.2) is 0 Å². The number of nitrogens with two attached hydrogens (primary N) is 1. The molecule has 0 atom stereocenters. The maximum atomic E-state index is 9.77. The Morgan fingerprint density at radius 3 is 2.10 bits per heavy atom. The predicted octanol–water partition coefficient (Wildman–Crippen LogP) is -0.714. The molecule has 0 aliphatic heterocycles. The molecule has 0 rings (SSSR count). The fraction of sp³-hybridized carbons (Fsp3) is 0.333. The van der Waals surface area contributed by atoms with Crippen LogP contribution in [0, 0.1) is 0 Å². The molecule has 0 aromatic rings. The van der Waals surface area contributed by atoms with Crippen LogP contribution in [-0.4, -0.2) is 80.3 Å². The second kappa shape index (κ2) is 10.7. The average molecular weight is 197 g/mol. The van der Waals surface area contributed by atoms with E-state index in [1.807, 2.05) is 0 Å². The molecule has 0 aromatic carbocycles. The number of aliphatic carboxylic acids is 1. The van der Waals surface area contributed by atoms with Crippen LogP contribution in [0.5, 0.6) is 0 Å². The summed E-state index contributed by atoms with van der Waals surface area (Å²) in [5, 5.41) is 8.03. The molecule has 0 heterocycles. The van der Waals surface area contributed by atoms with Crippen molar-refractivity contribution < 1.29 is 9.90 Å². The zero-order valence-electron chi connectivity index (χ0n) is 5.96. The molecule has 0 aliphatic carbocycles. The van der Waals surface area contributed by atoms with Crippen molar-refractivity contribution in [2.24, 2.45) is 5.73 Å². The first-order valence-electron chi connectivity index (χ1n) is 1.77. The maximum absolute atomic E-state index is 9.77. The van der Waals surface area contributed by atoms with E-state index in [0.29, 0.717) is 0 Å². The van der Waals surface area contributed by atoms with Gasteiger partial charge in [0, 0.05) is 59.1 Å². The Hall–Kier alpha value is 1.71. The van der Waals surface area contributed by atoms with Crippen molar-refractivity contribution in [3.05, 3.63) is 0 Å². The van der Waals surface area contributed by atoms with Crippen LogP contribution in [0.3, 0.4) is 0 Å². The summed E-state index contributed by atoms with van der Waals surface area (Å²) in [6, 6.07) is 0. The third-order valence-corrected chi connectivity index (χ3v) is 1.37. The molecular formula is C3H5NNa2O2S2. The average Bonchev–Trinajstić information content (AvgIpc) is 1.61. The van der Waals surface area contributed by atoms with Crippen LogP contribution < -0.4 is 5.73 Å². The van der Waals surface area contributed by atoms with E-state index >= 15 is 0 Å². The maximum Gasteiger partial charge on any atom is 0.313 e. The first-order chi connectivity index (χ1) is 3.63. The summed E-state index contributed by atoms with van der Waals surface area (Å²) in [7, 11) is 0. The second-order valence-electron chi connectivity index (χ2n) is 1.00. The molecule has 0 bridgehead atoms. The minimum absolute atomic E-state index is 0. The first kappa shape index (κ1) is 17.7. The van der Waals surface area contributed by atoms with E-state index < -0.39 is 5.97 Å². The van der Waals surface area contributed by atoms with Crippen molar-refractivity contribution in [3.8, 4) is 0 Å². The molecule has 0 amide bonds. The standard InChI is InChI=1S/C3H5NO2S2.2Na/c4-3(7)8-1-2(5)6;;/h1H2,(H2,4,7)(H,5,6);;. The molecule has 0 spiro atoms. The minimum atomic E-state index is -0.900. The molecule has 48 valence electrons. The van der Waals surface area contributed by atoms with Crippen molar-refractivity contribution in [1.29, 1.82) is 0 Å². The quantitative estimate of drug-likeness (QED) is 0.452. The van der Waals surface area contributed by atoms with Gasteiger partial charge in [0.05, 0.1) is 5.75 Å². The van der Waals surface area contributed by atoms with Crippen molar-refractivity contribution in [2.45, 2.75) is 0 Å². The van der Waals surface area contributed by atoms with Crippen LogP contribution in [0.2, 0.25) is 0 Å². The topological polar surface area (TPSA) is 63.3 Å². The number of carboxylic acid groups (broad SMARTS) is 1. The van der Waals surface area contributed by atoms with Gasteiger partial charge in [-0.05, 0) is 0 Å². The summed E-state index contributed by atoms with van der Waals surface area (Å²) in [5.74, 6) is -0.946.